The van der Waals surface area contributed by atoms with Crippen LogP contribution in [0.15, 0.2) is 47.5 Å². The third-order valence-corrected chi connectivity index (χ3v) is 5.25. The molecule has 1 aromatic carbocycles. The van der Waals surface area contributed by atoms with Gasteiger partial charge in [-0.25, -0.2) is 0 Å². The van der Waals surface area contributed by atoms with Crippen LogP contribution in [0.1, 0.15) is 52.1 Å². The van der Waals surface area contributed by atoms with Crippen molar-refractivity contribution in [2.45, 2.75) is 58.2 Å². The molecule has 0 saturated carbocycles. The molecule has 6 heteroatoms. The molecule has 1 heterocycles. The zero-order valence-corrected chi connectivity index (χ0v) is 21.1. The van der Waals surface area contributed by atoms with E-state index < -0.39 is 0 Å². The van der Waals surface area contributed by atoms with E-state index in [9.17, 15) is 0 Å². The Hall–Kier alpha value is -1.12. The van der Waals surface area contributed by atoms with E-state index in [1.807, 2.05) is 7.05 Å². The molecule has 0 bridgehead atoms. The second kappa shape index (κ2) is 12.5. The first-order valence-electron chi connectivity index (χ1n) is 10.5. The lowest BCUT2D eigenvalue weighted by atomic mass is 10.0. The maximum atomic E-state index is 4.43. The Balaban J connectivity index is 0.00000420. The van der Waals surface area contributed by atoms with Crippen molar-refractivity contribution < 1.29 is 0 Å². The average molecular weight is 514 g/mol. The summed E-state index contributed by atoms with van der Waals surface area (Å²) in [6.45, 7) is 16.8. The SMILES string of the molecule is C=C(C)CN1CCC(NC(=NC)NCC(C)(C)NC(C)c2ccccc2)CC1.I. The predicted octanol–water partition coefficient (Wildman–Crippen LogP) is 3.94. The van der Waals surface area contributed by atoms with Crippen LogP contribution in [-0.2, 0) is 0 Å². The van der Waals surface area contributed by atoms with Gasteiger partial charge in [-0.15, -0.1) is 24.0 Å². The number of halogens is 1. The Morgan fingerprint density at radius 3 is 2.41 bits per heavy atom. The van der Waals surface area contributed by atoms with E-state index in [0.717, 1.165) is 45.0 Å². The quantitative estimate of drug-likeness (QED) is 0.213. The molecule has 164 valence electrons. The van der Waals surface area contributed by atoms with E-state index >= 15 is 0 Å². The summed E-state index contributed by atoms with van der Waals surface area (Å²) in [5.41, 5.74) is 2.49. The molecule has 1 aromatic rings. The van der Waals surface area contributed by atoms with Crippen LogP contribution < -0.4 is 16.0 Å². The van der Waals surface area contributed by atoms with Crippen molar-refractivity contribution in [2.24, 2.45) is 4.99 Å². The normalized spacial score (nSPS) is 17.3. The van der Waals surface area contributed by atoms with Crippen molar-refractivity contribution in [3.8, 4) is 0 Å². The maximum absolute atomic E-state index is 4.43. The zero-order chi connectivity index (χ0) is 20.6. The Morgan fingerprint density at radius 2 is 1.86 bits per heavy atom. The lowest BCUT2D eigenvalue weighted by Crippen LogP contribution is -2.54. The van der Waals surface area contributed by atoms with Crippen molar-refractivity contribution in [3.63, 3.8) is 0 Å². The molecule has 0 spiro atoms. The maximum Gasteiger partial charge on any atom is 0.191 e. The molecule has 0 aliphatic carbocycles. The molecular weight excluding hydrogens is 473 g/mol. The zero-order valence-electron chi connectivity index (χ0n) is 18.8. The highest BCUT2D eigenvalue weighted by Gasteiger charge is 2.23. The summed E-state index contributed by atoms with van der Waals surface area (Å²) in [6.07, 6.45) is 2.28. The molecule has 0 amide bonds. The number of likely N-dealkylation sites (tertiary alicyclic amines) is 1. The molecule has 1 aliphatic rings. The summed E-state index contributed by atoms with van der Waals surface area (Å²) >= 11 is 0. The fraction of sp³-hybridized carbons (Fsp3) is 0.609. The minimum absolute atomic E-state index is 0. The summed E-state index contributed by atoms with van der Waals surface area (Å²) in [5.74, 6) is 0.889. The fourth-order valence-electron chi connectivity index (χ4n) is 3.77. The van der Waals surface area contributed by atoms with Crippen LogP contribution in [0.25, 0.3) is 0 Å². The number of rotatable bonds is 8. The van der Waals surface area contributed by atoms with Gasteiger partial charge in [-0.05, 0) is 46.1 Å². The molecule has 5 nitrogen and oxygen atoms in total. The lowest BCUT2D eigenvalue weighted by molar-refractivity contribution is 0.220. The first kappa shape index (κ1) is 25.9. The second-order valence-electron chi connectivity index (χ2n) is 8.74. The largest absolute Gasteiger partial charge is 0.355 e. The van der Waals surface area contributed by atoms with Gasteiger partial charge in [0.2, 0.25) is 0 Å². The van der Waals surface area contributed by atoms with Crippen LogP contribution in [0.4, 0.5) is 0 Å². The number of aliphatic imine (C=N–C) groups is 1. The molecule has 29 heavy (non-hydrogen) atoms. The van der Waals surface area contributed by atoms with Crippen LogP contribution in [0.2, 0.25) is 0 Å². The standard InChI is InChI=1S/C23H39N5.HI/c1-18(2)16-28-14-12-21(13-15-28)26-22(24-6)25-17-23(4,5)27-19(3)20-10-8-7-9-11-20;/h7-11,19,21,27H,1,12-17H2,2-6H3,(H2,24,25,26);1H. The highest BCUT2D eigenvalue weighted by molar-refractivity contribution is 14.0. The third-order valence-electron chi connectivity index (χ3n) is 5.25. The Labute approximate surface area is 194 Å². The first-order chi connectivity index (χ1) is 13.3. The number of guanidine groups is 1. The number of piperidine rings is 1. The molecule has 1 unspecified atom stereocenters. The molecule has 3 N–H and O–H groups in total. The molecule has 0 aromatic heterocycles. The van der Waals surface area contributed by atoms with Crippen LogP contribution >= 0.6 is 24.0 Å². The first-order valence-corrected chi connectivity index (χ1v) is 10.5. The van der Waals surface area contributed by atoms with Gasteiger partial charge >= 0.3 is 0 Å². The number of benzene rings is 1. The third kappa shape index (κ3) is 9.49. The van der Waals surface area contributed by atoms with E-state index in [2.05, 4.69) is 90.4 Å². The highest BCUT2D eigenvalue weighted by Crippen LogP contribution is 2.16. The number of hydrogen-bond donors (Lipinski definition) is 3. The minimum Gasteiger partial charge on any atom is -0.355 e. The molecule has 2 rings (SSSR count). The molecule has 1 saturated heterocycles. The minimum atomic E-state index is -0.0578. The van der Waals surface area contributed by atoms with Crippen molar-refractivity contribution in [2.75, 3.05) is 33.2 Å². The topological polar surface area (TPSA) is 51.7 Å². The van der Waals surface area contributed by atoms with Gasteiger partial charge in [0.25, 0.3) is 0 Å². The number of nitrogens with zero attached hydrogens (tertiary/aromatic N) is 2. The molecule has 0 radical (unpaired) electrons. The van der Waals surface area contributed by atoms with Crippen molar-refractivity contribution >= 4 is 29.9 Å². The lowest BCUT2D eigenvalue weighted by Gasteiger charge is -2.34. The van der Waals surface area contributed by atoms with Gasteiger partial charge in [0.1, 0.15) is 0 Å². The van der Waals surface area contributed by atoms with Crippen molar-refractivity contribution in [3.05, 3.63) is 48.0 Å². The predicted molar refractivity (Wildman–Crippen MR) is 136 cm³/mol. The summed E-state index contributed by atoms with van der Waals surface area (Å²) in [5, 5.41) is 10.8. The van der Waals surface area contributed by atoms with E-state index in [1.165, 1.54) is 11.1 Å². The van der Waals surface area contributed by atoms with Crippen LogP contribution in [0.5, 0.6) is 0 Å². The van der Waals surface area contributed by atoms with Gasteiger partial charge < -0.3 is 16.0 Å². The van der Waals surface area contributed by atoms with Crippen LogP contribution in [0, 0.1) is 0 Å². The van der Waals surface area contributed by atoms with Gasteiger partial charge in [-0.2, -0.15) is 0 Å². The van der Waals surface area contributed by atoms with E-state index in [0.29, 0.717) is 12.1 Å². The molecular formula is C23H40IN5. The Bertz CT molecular complexity index is 636. The monoisotopic (exact) mass is 513 g/mol. The van der Waals surface area contributed by atoms with Crippen molar-refractivity contribution in [1.82, 2.24) is 20.9 Å². The van der Waals surface area contributed by atoms with Gasteiger partial charge in [-0.1, -0.05) is 42.5 Å². The summed E-state index contributed by atoms with van der Waals surface area (Å²) in [7, 11) is 1.85. The molecule has 1 fully saturated rings. The van der Waals surface area contributed by atoms with E-state index in [4.69, 9.17) is 0 Å². The van der Waals surface area contributed by atoms with Gasteiger partial charge in [0, 0.05) is 50.8 Å². The van der Waals surface area contributed by atoms with E-state index in [1.54, 1.807) is 0 Å². The van der Waals surface area contributed by atoms with Crippen molar-refractivity contribution in [1.29, 1.82) is 0 Å². The van der Waals surface area contributed by atoms with Gasteiger partial charge in [0.05, 0.1) is 0 Å². The van der Waals surface area contributed by atoms with Crippen LogP contribution in [-0.4, -0.2) is 55.7 Å². The number of hydrogen-bond acceptors (Lipinski definition) is 3. The summed E-state index contributed by atoms with van der Waals surface area (Å²) in [6, 6.07) is 11.3. The summed E-state index contributed by atoms with van der Waals surface area (Å²) in [4.78, 5) is 6.91. The van der Waals surface area contributed by atoms with Gasteiger partial charge in [0.15, 0.2) is 5.96 Å². The van der Waals surface area contributed by atoms with Gasteiger partial charge in [-0.3, -0.25) is 9.89 Å². The number of nitrogens with one attached hydrogen (secondary N) is 3. The molecule has 1 aliphatic heterocycles. The van der Waals surface area contributed by atoms with Crippen LogP contribution in [0.3, 0.4) is 0 Å². The smallest absolute Gasteiger partial charge is 0.191 e. The average Bonchev–Trinajstić information content (AvgIpc) is 2.66. The molecule has 1 atom stereocenters. The highest BCUT2D eigenvalue weighted by atomic mass is 127. The second-order valence-corrected chi connectivity index (χ2v) is 8.74. The fourth-order valence-corrected chi connectivity index (χ4v) is 3.77. The Kier molecular flexibility index (Phi) is 11.2. The Morgan fingerprint density at radius 1 is 1.24 bits per heavy atom. The van der Waals surface area contributed by atoms with E-state index in [-0.39, 0.29) is 29.5 Å². The summed E-state index contributed by atoms with van der Waals surface area (Å²) < 4.78 is 0.